The van der Waals surface area contributed by atoms with Gasteiger partial charge in [0.15, 0.2) is 0 Å². The highest BCUT2D eigenvalue weighted by Gasteiger charge is 2.10. The lowest BCUT2D eigenvalue weighted by atomic mass is 10.1. The van der Waals surface area contributed by atoms with Crippen LogP contribution in [0.2, 0.25) is 0 Å². The Morgan fingerprint density at radius 2 is 2.40 bits per heavy atom. The average molecular weight is 210 g/mol. The van der Waals surface area contributed by atoms with E-state index in [0.717, 1.165) is 17.8 Å². The fraction of sp³-hybridized carbons (Fsp3) is 0.600. The zero-order valence-electron chi connectivity index (χ0n) is 9.45. The van der Waals surface area contributed by atoms with E-state index in [2.05, 4.69) is 10.4 Å². The van der Waals surface area contributed by atoms with Gasteiger partial charge in [-0.3, -0.25) is 9.48 Å². The molecule has 1 amide bonds. The van der Waals surface area contributed by atoms with Gasteiger partial charge in [0.05, 0.1) is 11.4 Å². The van der Waals surface area contributed by atoms with Crippen LogP contribution in [0.5, 0.6) is 0 Å². The van der Waals surface area contributed by atoms with E-state index in [0.29, 0.717) is 6.42 Å². The Balaban J connectivity index is 2.55. The second-order valence-corrected chi connectivity index (χ2v) is 3.72. The summed E-state index contributed by atoms with van der Waals surface area (Å²) in [5, 5.41) is 6.93. The van der Waals surface area contributed by atoms with Crippen LogP contribution in [0.15, 0.2) is 6.20 Å². The number of carbonyl (C=O) groups is 1. The number of nitrogens with one attached hydrogen (secondary N) is 1. The van der Waals surface area contributed by atoms with E-state index in [1.165, 1.54) is 0 Å². The smallest absolute Gasteiger partial charge is 0.226 e. The molecule has 0 saturated carbocycles. The van der Waals surface area contributed by atoms with Crippen LogP contribution in [0.25, 0.3) is 0 Å². The summed E-state index contributed by atoms with van der Waals surface area (Å²) in [7, 11) is 1.82. The van der Waals surface area contributed by atoms with Gasteiger partial charge in [-0.2, -0.15) is 5.10 Å². The second-order valence-electron chi connectivity index (χ2n) is 3.72. The number of anilines is 1. The minimum Gasteiger partial charge on any atom is -0.327 e. The summed E-state index contributed by atoms with van der Waals surface area (Å²) in [5.74, 6) is -0.0551. The fourth-order valence-corrected chi connectivity index (χ4v) is 1.31. The Labute approximate surface area is 89.6 Å². The van der Waals surface area contributed by atoms with Gasteiger partial charge in [0.1, 0.15) is 0 Å². The van der Waals surface area contributed by atoms with Crippen molar-refractivity contribution in [2.45, 2.75) is 32.7 Å². The molecule has 1 rings (SSSR count). The first-order chi connectivity index (χ1) is 7.02. The number of amides is 1. The fourth-order valence-electron chi connectivity index (χ4n) is 1.31. The van der Waals surface area contributed by atoms with Gasteiger partial charge in [-0.05, 0) is 13.3 Å². The molecule has 1 aromatic rings. The summed E-state index contributed by atoms with van der Waals surface area (Å²) >= 11 is 0. The zero-order valence-corrected chi connectivity index (χ0v) is 9.45. The van der Waals surface area contributed by atoms with Gasteiger partial charge in [-0.15, -0.1) is 0 Å². The van der Waals surface area contributed by atoms with Crippen LogP contribution in [0.3, 0.4) is 0 Å². The van der Waals surface area contributed by atoms with Crippen LogP contribution in [-0.2, 0) is 11.8 Å². The molecular formula is C10H18N4O. The van der Waals surface area contributed by atoms with E-state index < -0.39 is 0 Å². The Kier molecular flexibility index (Phi) is 3.85. The lowest BCUT2D eigenvalue weighted by molar-refractivity contribution is -0.116. The highest BCUT2D eigenvalue weighted by molar-refractivity contribution is 5.91. The summed E-state index contributed by atoms with van der Waals surface area (Å²) in [5.41, 5.74) is 7.26. The van der Waals surface area contributed by atoms with Crippen LogP contribution in [0, 0.1) is 6.92 Å². The molecule has 5 nitrogen and oxygen atoms in total. The summed E-state index contributed by atoms with van der Waals surface area (Å²) in [4.78, 5) is 11.5. The van der Waals surface area contributed by atoms with E-state index in [4.69, 9.17) is 5.73 Å². The predicted molar refractivity (Wildman–Crippen MR) is 59.5 cm³/mol. The van der Waals surface area contributed by atoms with Crippen molar-refractivity contribution in [3.8, 4) is 0 Å². The normalized spacial score (nSPS) is 12.5. The minimum atomic E-state index is -0.0676. The van der Waals surface area contributed by atoms with E-state index in [1.807, 2.05) is 20.9 Å². The molecule has 5 heteroatoms. The molecule has 0 aliphatic rings. The molecule has 3 N–H and O–H groups in total. The number of aromatic nitrogens is 2. The van der Waals surface area contributed by atoms with Gasteiger partial charge < -0.3 is 11.1 Å². The van der Waals surface area contributed by atoms with Gasteiger partial charge in [-0.25, -0.2) is 0 Å². The third kappa shape index (κ3) is 3.36. The van der Waals surface area contributed by atoms with E-state index >= 15 is 0 Å². The van der Waals surface area contributed by atoms with Crippen molar-refractivity contribution in [3.63, 3.8) is 0 Å². The molecule has 15 heavy (non-hydrogen) atoms. The highest BCUT2D eigenvalue weighted by Crippen LogP contribution is 2.11. The molecule has 1 unspecified atom stereocenters. The summed E-state index contributed by atoms with van der Waals surface area (Å²) in [6.07, 6.45) is 2.94. The van der Waals surface area contributed by atoms with E-state index in [1.54, 1.807) is 10.9 Å². The monoisotopic (exact) mass is 210 g/mol. The molecule has 0 radical (unpaired) electrons. The number of nitrogens with zero attached hydrogens (tertiary/aromatic N) is 2. The predicted octanol–water partition coefficient (Wildman–Crippen LogP) is 0.794. The number of rotatable bonds is 4. The molecule has 84 valence electrons. The largest absolute Gasteiger partial charge is 0.327 e. The highest BCUT2D eigenvalue weighted by atomic mass is 16.1. The maximum absolute atomic E-state index is 11.5. The molecule has 0 spiro atoms. The van der Waals surface area contributed by atoms with Crippen molar-refractivity contribution < 1.29 is 4.79 Å². The third-order valence-corrected chi connectivity index (χ3v) is 2.26. The molecule has 0 aliphatic carbocycles. The minimum absolute atomic E-state index is 0.0551. The van der Waals surface area contributed by atoms with Crippen molar-refractivity contribution in [3.05, 3.63) is 11.9 Å². The standard InChI is InChI=1S/C10H18N4O/c1-4-8(11)5-10(15)12-9-6-14(3)13-7(9)2/h6,8H,4-5,11H2,1-3H3,(H,12,15). The lowest BCUT2D eigenvalue weighted by Crippen LogP contribution is -2.26. The van der Waals surface area contributed by atoms with Crippen LogP contribution < -0.4 is 11.1 Å². The van der Waals surface area contributed by atoms with Crippen molar-refractivity contribution in [2.24, 2.45) is 12.8 Å². The molecule has 0 saturated heterocycles. The maximum Gasteiger partial charge on any atom is 0.226 e. The number of hydrogen-bond acceptors (Lipinski definition) is 3. The first-order valence-electron chi connectivity index (χ1n) is 5.08. The quantitative estimate of drug-likeness (QED) is 0.771. The van der Waals surface area contributed by atoms with Crippen molar-refractivity contribution >= 4 is 11.6 Å². The first kappa shape index (κ1) is 11.7. The van der Waals surface area contributed by atoms with Crippen molar-refractivity contribution in [1.29, 1.82) is 0 Å². The molecule has 0 aromatic carbocycles. The van der Waals surface area contributed by atoms with E-state index in [9.17, 15) is 4.79 Å². The topological polar surface area (TPSA) is 72.9 Å². The van der Waals surface area contributed by atoms with Gasteiger partial charge >= 0.3 is 0 Å². The Bertz CT molecular complexity index is 345. The molecular weight excluding hydrogens is 192 g/mol. The first-order valence-corrected chi connectivity index (χ1v) is 5.08. The van der Waals surface area contributed by atoms with Crippen molar-refractivity contribution in [2.75, 3.05) is 5.32 Å². The SMILES string of the molecule is CCC(N)CC(=O)Nc1cn(C)nc1C. The third-order valence-electron chi connectivity index (χ3n) is 2.26. The number of carbonyl (C=O) groups excluding carboxylic acids is 1. The van der Waals surface area contributed by atoms with Gasteiger partial charge in [-0.1, -0.05) is 6.92 Å². The maximum atomic E-state index is 11.5. The molecule has 0 bridgehead atoms. The second kappa shape index (κ2) is 4.93. The Morgan fingerprint density at radius 3 is 2.87 bits per heavy atom. The number of aryl methyl sites for hydroxylation is 2. The summed E-state index contributed by atoms with van der Waals surface area (Å²) in [6.45, 7) is 3.82. The zero-order chi connectivity index (χ0) is 11.4. The Hall–Kier alpha value is -1.36. The lowest BCUT2D eigenvalue weighted by Gasteiger charge is -2.08. The molecule has 0 aliphatic heterocycles. The molecule has 1 aromatic heterocycles. The van der Waals surface area contributed by atoms with Gasteiger partial charge in [0.25, 0.3) is 0 Å². The van der Waals surface area contributed by atoms with Crippen LogP contribution >= 0.6 is 0 Å². The van der Waals surface area contributed by atoms with Crippen LogP contribution in [0.1, 0.15) is 25.5 Å². The van der Waals surface area contributed by atoms with Crippen LogP contribution in [0.4, 0.5) is 5.69 Å². The number of nitrogens with two attached hydrogens (primary N) is 1. The van der Waals surface area contributed by atoms with Gasteiger partial charge in [0, 0.05) is 25.7 Å². The summed E-state index contributed by atoms with van der Waals surface area (Å²) in [6, 6.07) is -0.0676. The average Bonchev–Trinajstić information content (AvgIpc) is 2.44. The molecule has 1 heterocycles. The van der Waals surface area contributed by atoms with Crippen LogP contribution in [-0.4, -0.2) is 21.7 Å². The molecule has 1 atom stereocenters. The van der Waals surface area contributed by atoms with Gasteiger partial charge in [0.2, 0.25) is 5.91 Å². The van der Waals surface area contributed by atoms with Crippen molar-refractivity contribution in [1.82, 2.24) is 9.78 Å². The van der Waals surface area contributed by atoms with E-state index in [-0.39, 0.29) is 11.9 Å². The molecule has 0 fully saturated rings. The summed E-state index contributed by atoms with van der Waals surface area (Å²) < 4.78 is 1.67. The number of hydrogen-bond donors (Lipinski definition) is 2. The Morgan fingerprint density at radius 1 is 1.73 bits per heavy atom.